The molecule has 2 rings (SSSR count). The molecule has 3 heteroatoms. The highest BCUT2D eigenvalue weighted by Crippen LogP contribution is 2.39. The summed E-state index contributed by atoms with van der Waals surface area (Å²) in [4.78, 5) is 0. The zero-order chi connectivity index (χ0) is 20.2. The number of benzene rings is 1. The molecule has 1 aliphatic rings. The van der Waals surface area contributed by atoms with Gasteiger partial charge in [0.15, 0.2) is 0 Å². The fourth-order valence-corrected chi connectivity index (χ4v) is 4.57. The van der Waals surface area contributed by atoms with E-state index in [1.807, 2.05) is 0 Å². The molecule has 0 heterocycles. The summed E-state index contributed by atoms with van der Waals surface area (Å²) < 4.78 is 37.2. The van der Waals surface area contributed by atoms with Crippen molar-refractivity contribution in [3.8, 4) is 0 Å². The highest BCUT2D eigenvalue weighted by molar-refractivity contribution is 5.26. The summed E-state index contributed by atoms with van der Waals surface area (Å²) in [7, 11) is 0. The van der Waals surface area contributed by atoms with E-state index in [-0.39, 0.29) is 5.92 Å². The summed E-state index contributed by atoms with van der Waals surface area (Å²) in [5.74, 6) is 0.804. The summed E-state index contributed by atoms with van der Waals surface area (Å²) in [6.07, 6.45) is 11.7. The van der Waals surface area contributed by atoms with Crippen LogP contribution in [0.2, 0.25) is 0 Å². The molecule has 0 radical (unpaired) electrons. The van der Waals surface area contributed by atoms with Crippen molar-refractivity contribution in [1.29, 1.82) is 0 Å². The van der Waals surface area contributed by atoms with E-state index >= 15 is 0 Å². The van der Waals surface area contributed by atoms with Gasteiger partial charge in [0, 0.05) is 6.42 Å². The number of hydrogen-bond acceptors (Lipinski definition) is 0. The molecule has 1 saturated carbocycles. The third-order valence-corrected chi connectivity index (χ3v) is 6.45. The number of rotatable bonds is 12. The summed E-state index contributed by atoms with van der Waals surface area (Å²) in [6, 6.07) is 9.07. The molecule has 1 aliphatic carbocycles. The molecular formula is C25H39F3. The number of unbranched alkanes of at least 4 members (excludes halogenated alkanes) is 7. The molecule has 0 amide bonds. The van der Waals surface area contributed by atoms with E-state index in [1.54, 1.807) is 0 Å². The molecule has 0 N–H and O–H groups in total. The van der Waals surface area contributed by atoms with E-state index in [4.69, 9.17) is 0 Å². The van der Waals surface area contributed by atoms with Crippen LogP contribution in [0, 0.1) is 5.92 Å². The van der Waals surface area contributed by atoms with Crippen molar-refractivity contribution < 1.29 is 13.2 Å². The minimum Gasteiger partial charge on any atom is -0.171 e. The summed E-state index contributed by atoms with van der Waals surface area (Å²) in [6.45, 7) is 2.26. The Kier molecular flexibility index (Phi) is 10.4. The van der Waals surface area contributed by atoms with Crippen LogP contribution in [-0.4, -0.2) is 6.18 Å². The Hall–Kier alpha value is -0.990. The van der Waals surface area contributed by atoms with Crippen molar-refractivity contribution in [2.45, 2.75) is 115 Å². The van der Waals surface area contributed by atoms with Gasteiger partial charge >= 0.3 is 6.18 Å². The van der Waals surface area contributed by atoms with E-state index in [0.717, 1.165) is 25.7 Å². The molecular weight excluding hydrogens is 357 g/mol. The maximum Gasteiger partial charge on any atom is 0.389 e. The molecule has 1 aromatic rings. The predicted molar refractivity (Wildman–Crippen MR) is 113 cm³/mol. The maximum atomic E-state index is 12.4. The second-order valence-electron chi connectivity index (χ2n) is 8.84. The molecule has 0 nitrogen and oxygen atoms in total. The number of alkyl halides is 3. The van der Waals surface area contributed by atoms with Gasteiger partial charge in [0.1, 0.15) is 0 Å². The van der Waals surface area contributed by atoms with Crippen LogP contribution in [0.1, 0.15) is 114 Å². The van der Waals surface area contributed by atoms with Crippen LogP contribution < -0.4 is 0 Å². The third kappa shape index (κ3) is 9.47. The van der Waals surface area contributed by atoms with Crippen LogP contribution in [0.3, 0.4) is 0 Å². The molecule has 0 bridgehead atoms. The lowest BCUT2D eigenvalue weighted by Crippen LogP contribution is -2.16. The van der Waals surface area contributed by atoms with Crippen LogP contribution in [0.5, 0.6) is 0 Å². The highest BCUT2D eigenvalue weighted by Gasteiger charge is 2.30. The lowest BCUT2D eigenvalue weighted by molar-refractivity contribution is -0.138. The quantitative estimate of drug-likeness (QED) is 0.309. The van der Waals surface area contributed by atoms with Crippen molar-refractivity contribution in [3.05, 3.63) is 35.4 Å². The smallest absolute Gasteiger partial charge is 0.171 e. The first-order valence-corrected chi connectivity index (χ1v) is 11.6. The van der Waals surface area contributed by atoms with Gasteiger partial charge in [-0.2, -0.15) is 13.2 Å². The van der Waals surface area contributed by atoms with Gasteiger partial charge in [0.25, 0.3) is 0 Å². The Morgan fingerprint density at radius 3 is 1.93 bits per heavy atom. The highest BCUT2D eigenvalue weighted by atomic mass is 19.4. The average molecular weight is 397 g/mol. The largest absolute Gasteiger partial charge is 0.389 e. The van der Waals surface area contributed by atoms with Crippen molar-refractivity contribution in [1.82, 2.24) is 0 Å². The summed E-state index contributed by atoms with van der Waals surface area (Å²) >= 11 is 0. The number of aryl methyl sites for hydroxylation is 1. The average Bonchev–Trinajstić information content (AvgIpc) is 2.69. The number of halogens is 3. The van der Waals surface area contributed by atoms with Crippen LogP contribution in [0.15, 0.2) is 24.3 Å². The molecule has 0 unspecified atom stereocenters. The number of hydrogen-bond donors (Lipinski definition) is 0. The second-order valence-corrected chi connectivity index (χ2v) is 8.84. The van der Waals surface area contributed by atoms with Gasteiger partial charge in [-0.05, 0) is 67.9 Å². The van der Waals surface area contributed by atoms with Crippen molar-refractivity contribution in [2.24, 2.45) is 5.92 Å². The molecule has 0 aliphatic heterocycles. The Morgan fingerprint density at radius 1 is 0.786 bits per heavy atom. The van der Waals surface area contributed by atoms with Gasteiger partial charge in [-0.25, -0.2) is 0 Å². The van der Waals surface area contributed by atoms with Crippen molar-refractivity contribution in [3.63, 3.8) is 0 Å². The molecule has 1 aromatic carbocycles. The van der Waals surface area contributed by atoms with Crippen molar-refractivity contribution >= 4 is 0 Å². The second kappa shape index (κ2) is 12.5. The van der Waals surface area contributed by atoms with E-state index in [9.17, 15) is 13.2 Å². The monoisotopic (exact) mass is 396 g/mol. The van der Waals surface area contributed by atoms with Gasteiger partial charge in [-0.3, -0.25) is 0 Å². The summed E-state index contributed by atoms with van der Waals surface area (Å²) in [5, 5.41) is 0. The van der Waals surface area contributed by atoms with Gasteiger partial charge in [0.2, 0.25) is 0 Å². The van der Waals surface area contributed by atoms with Crippen LogP contribution in [0.25, 0.3) is 0 Å². The molecule has 160 valence electrons. The SMILES string of the molecule is CCCCCCCCCCc1ccc(C2CCC(CCC(F)(F)F)CC2)cc1. The first kappa shape index (κ1) is 23.3. The fourth-order valence-electron chi connectivity index (χ4n) is 4.57. The van der Waals surface area contributed by atoms with E-state index < -0.39 is 12.6 Å². The van der Waals surface area contributed by atoms with Crippen LogP contribution in [-0.2, 0) is 6.42 Å². The van der Waals surface area contributed by atoms with E-state index in [2.05, 4.69) is 31.2 Å². The van der Waals surface area contributed by atoms with E-state index in [1.165, 1.54) is 68.9 Å². The van der Waals surface area contributed by atoms with Crippen LogP contribution >= 0.6 is 0 Å². The molecule has 0 aromatic heterocycles. The van der Waals surface area contributed by atoms with Gasteiger partial charge in [-0.15, -0.1) is 0 Å². The van der Waals surface area contributed by atoms with Gasteiger partial charge < -0.3 is 0 Å². The normalized spacial score (nSPS) is 20.4. The van der Waals surface area contributed by atoms with Crippen LogP contribution in [0.4, 0.5) is 13.2 Å². The zero-order valence-corrected chi connectivity index (χ0v) is 17.7. The minimum absolute atomic E-state index is 0.263. The molecule has 28 heavy (non-hydrogen) atoms. The fraction of sp³-hybridized carbons (Fsp3) is 0.760. The Bertz CT molecular complexity index is 510. The zero-order valence-electron chi connectivity index (χ0n) is 17.7. The first-order chi connectivity index (χ1) is 13.5. The lowest BCUT2D eigenvalue weighted by Gasteiger charge is -2.29. The van der Waals surface area contributed by atoms with Crippen molar-refractivity contribution in [2.75, 3.05) is 0 Å². The maximum absolute atomic E-state index is 12.4. The third-order valence-electron chi connectivity index (χ3n) is 6.45. The molecule has 0 spiro atoms. The Balaban J connectivity index is 1.61. The minimum atomic E-state index is -4.00. The van der Waals surface area contributed by atoms with Gasteiger partial charge in [-0.1, -0.05) is 76.1 Å². The predicted octanol–water partition coefficient (Wildman–Crippen LogP) is 8.99. The first-order valence-electron chi connectivity index (χ1n) is 11.6. The standard InChI is InChI=1S/C25H39F3/c1-2-3-4-5-6-7-8-9-10-21-11-15-23(16-12-21)24-17-13-22(14-18-24)19-20-25(26,27)28/h11-12,15-16,22,24H,2-10,13-14,17-20H2,1H3. The Morgan fingerprint density at radius 2 is 1.36 bits per heavy atom. The lowest BCUT2D eigenvalue weighted by atomic mass is 9.77. The topological polar surface area (TPSA) is 0 Å². The molecule has 0 saturated heterocycles. The molecule has 1 fully saturated rings. The summed E-state index contributed by atoms with van der Waals surface area (Å²) in [5.41, 5.74) is 2.81. The van der Waals surface area contributed by atoms with E-state index in [0.29, 0.717) is 12.3 Å². The van der Waals surface area contributed by atoms with Gasteiger partial charge in [0.05, 0.1) is 0 Å². The Labute approximate surface area is 170 Å². The molecule has 0 atom stereocenters.